The standard InChI is InChI=1S/C16H11F3N2O/c1-3-11-8-13(5-4-10(11)2)21-15(22)12-6-7-20-14(9-12)16(17,18)19/h1,4-9H,2H3,(H,21,22). The van der Waals surface area contributed by atoms with Gasteiger partial charge in [0, 0.05) is 23.0 Å². The van der Waals surface area contributed by atoms with Crippen LogP contribution >= 0.6 is 0 Å². The van der Waals surface area contributed by atoms with Gasteiger partial charge in [-0.25, -0.2) is 0 Å². The van der Waals surface area contributed by atoms with Crippen LogP contribution in [0.1, 0.15) is 27.2 Å². The van der Waals surface area contributed by atoms with Gasteiger partial charge in [0.1, 0.15) is 5.69 Å². The van der Waals surface area contributed by atoms with Gasteiger partial charge >= 0.3 is 6.18 Å². The van der Waals surface area contributed by atoms with E-state index >= 15 is 0 Å². The number of halogens is 3. The van der Waals surface area contributed by atoms with Crippen molar-refractivity contribution in [3.8, 4) is 12.3 Å². The smallest absolute Gasteiger partial charge is 0.322 e. The van der Waals surface area contributed by atoms with Gasteiger partial charge in [-0.1, -0.05) is 12.0 Å². The summed E-state index contributed by atoms with van der Waals surface area (Å²) in [5.74, 6) is 1.80. The summed E-state index contributed by atoms with van der Waals surface area (Å²) < 4.78 is 37.8. The number of carbonyl (C=O) groups is 1. The molecule has 1 aromatic carbocycles. The summed E-state index contributed by atoms with van der Waals surface area (Å²) >= 11 is 0. The fraction of sp³-hybridized carbons (Fsp3) is 0.125. The Morgan fingerprint density at radius 3 is 2.64 bits per heavy atom. The van der Waals surface area contributed by atoms with Crippen LogP contribution in [-0.4, -0.2) is 10.9 Å². The number of hydrogen-bond donors (Lipinski definition) is 1. The Morgan fingerprint density at radius 1 is 1.27 bits per heavy atom. The first-order valence-electron chi connectivity index (χ1n) is 6.23. The zero-order valence-electron chi connectivity index (χ0n) is 11.5. The number of hydrogen-bond acceptors (Lipinski definition) is 2. The van der Waals surface area contributed by atoms with Crippen molar-refractivity contribution in [3.05, 3.63) is 58.9 Å². The first-order chi connectivity index (χ1) is 10.3. The Kier molecular flexibility index (Phi) is 4.18. The maximum atomic E-state index is 12.6. The highest BCUT2D eigenvalue weighted by molar-refractivity contribution is 6.04. The molecule has 2 aromatic rings. The maximum absolute atomic E-state index is 12.6. The van der Waals surface area contributed by atoms with Crippen LogP contribution in [0.4, 0.5) is 18.9 Å². The molecule has 0 fully saturated rings. The molecular formula is C16H11F3N2O. The minimum Gasteiger partial charge on any atom is -0.322 e. The Labute approximate surface area is 125 Å². The molecule has 1 heterocycles. The van der Waals surface area contributed by atoms with Gasteiger partial charge in [0.05, 0.1) is 0 Å². The highest BCUT2D eigenvalue weighted by Crippen LogP contribution is 2.27. The van der Waals surface area contributed by atoms with E-state index in [1.54, 1.807) is 18.2 Å². The summed E-state index contributed by atoms with van der Waals surface area (Å²) in [5.41, 5.74) is 0.625. The van der Waals surface area contributed by atoms with E-state index in [0.29, 0.717) is 17.3 Å². The van der Waals surface area contributed by atoms with Crippen LogP contribution in [0.5, 0.6) is 0 Å². The van der Waals surface area contributed by atoms with Crippen LogP contribution < -0.4 is 5.32 Å². The maximum Gasteiger partial charge on any atom is 0.433 e. The number of anilines is 1. The summed E-state index contributed by atoms with van der Waals surface area (Å²) in [6.07, 6.45) is 1.68. The third-order valence-electron chi connectivity index (χ3n) is 2.96. The monoisotopic (exact) mass is 304 g/mol. The number of carbonyl (C=O) groups excluding carboxylic acids is 1. The van der Waals surface area contributed by atoms with Gasteiger partial charge in [0.25, 0.3) is 5.91 Å². The summed E-state index contributed by atoms with van der Waals surface area (Å²) in [6.45, 7) is 1.82. The summed E-state index contributed by atoms with van der Waals surface area (Å²) in [6, 6.07) is 6.84. The largest absolute Gasteiger partial charge is 0.433 e. The lowest BCUT2D eigenvalue weighted by Crippen LogP contribution is -2.15. The lowest BCUT2D eigenvalue weighted by molar-refractivity contribution is -0.141. The van der Waals surface area contributed by atoms with Crippen LogP contribution in [0.25, 0.3) is 0 Å². The first kappa shape index (κ1) is 15.6. The Bertz CT molecular complexity index is 761. The lowest BCUT2D eigenvalue weighted by Gasteiger charge is -2.09. The number of aryl methyl sites for hydroxylation is 1. The van der Waals surface area contributed by atoms with Crippen molar-refractivity contribution >= 4 is 11.6 Å². The van der Waals surface area contributed by atoms with Gasteiger partial charge in [-0.15, -0.1) is 6.42 Å². The number of terminal acetylenes is 1. The molecule has 0 radical (unpaired) electrons. The highest BCUT2D eigenvalue weighted by Gasteiger charge is 2.32. The summed E-state index contributed by atoms with van der Waals surface area (Å²) in [4.78, 5) is 15.2. The molecule has 0 bridgehead atoms. The van der Waals surface area contributed by atoms with E-state index in [4.69, 9.17) is 6.42 Å². The normalized spacial score (nSPS) is 10.9. The number of nitrogens with zero attached hydrogens (tertiary/aromatic N) is 1. The van der Waals surface area contributed by atoms with Crippen molar-refractivity contribution < 1.29 is 18.0 Å². The molecule has 22 heavy (non-hydrogen) atoms. The van der Waals surface area contributed by atoms with E-state index < -0.39 is 17.8 Å². The number of alkyl halides is 3. The molecule has 112 valence electrons. The fourth-order valence-corrected chi connectivity index (χ4v) is 1.79. The predicted molar refractivity (Wildman–Crippen MR) is 76.3 cm³/mol. The third-order valence-corrected chi connectivity index (χ3v) is 2.96. The second kappa shape index (κ2) is 5.90. The highest BCUT2D eigenvalue weighted by atomic mass is 19.4. The minimum absolute atomic E-state index is 0.134. The van der Waals surface area contributed by atoms with Crippen LogP contribution in [0.15, 0.2) is 36.5 Å². The van der Waals surface area contributed by atoms with Crippen LogP contribution in [0, 0.1) is 19.3 Å². The van der Waals surface area contributed by atoms with Crippen molar-refractivity contribution in [3.63, 3.8) is 0 Å². The Hall–Kier alpha value is -2.81. The van der Waals surface area contributed by atoms with E-state index in [1.165, 1.54) is 6.07 Å². The quantitative estimate of drug-likeness (QED) is 0.861. The van der Waals surface area contributed by atoms with E-state index in [1.807, 2.05) is 6.92 Å². The average Bonchev–Trinajstić information content (AvgIpc) is 2.48. The van der Waals surface area contributed by atoms with Gasteiger partial charge in [-0.3, -0.25) is 9.78 Å². The van der Waals surface area contributed by atoms with Gasteiger partial charge in [0.2, 0.25) is 0 Å². The Morgan fingerprint density at radius 2 is 2.00 bits per heavy atom. The second-order valence-electron chi connectivity index (χ2n) is 4.56. The lowest BCUT2D eigenvalue weighted by atomic mass is 10.1. The summed E-state index contributed by atoms with van der Waals surface area (Å²) in [5, 5.41) is 2.51. The molecule has 0 unspecified atom stereocenters. The molecule has 0 atom stereocenters. The van der Waals surface area contributed by atoms with Gasteiger partial charge in [-0.2, -0.15) is 13.2 Å². The number of nitrogens with one attached hydrogen (secondary N) is 1. The molecule has 0 aliphatic carbocycles. The van der Waals surface area contributed by atoms with Crippen LogP contribution in [0.3, 0.4) is 0 Å². The SMILES string of the molecule is C#Cc1cc(NC(=O)c2ccnc(C(F)(F)F)c2)ccc1C. The molecule has 3 nitrogen and oxygen atoms in total. The van der Waals surface area contributed by atoms with E-state index in [0.717, 1.165) is 11.8 Å². The Balaban J connectivity index is 2.25. The molecule has 0 aliphatic heterocycles. The molecule has 0 saturated heterocycles. The second-order valence-corrected chi connectivity index (χ2v) is 4.56. The minimum atomic E-state index is -4.60. The molecule has 1 N–H and O–H groups in total. The van der Waals surface area contributed by atoms with Crippen molar-refractivity contribution in [2.24, 2.45) is 0 Å². The van der Waals surface area contributed by atoms with Gasteiger partial charge in [0.15, 0.2) is 0 Å². The molecule has 2 rings (SSSR count). The van der Waals surface area contributed by atoms with E-state index in [2.05, 4.69) is 16.2 Å². The third kappa shape index (κ3) is 3.44. The number of rotatable bonds is 2. The fourth-order valence-electron chi connectivity index (χ4n) is 1.79. The number of pyridine rings is 1. The molecule has 0 spiro atoms. The zero-order chi connectivity index (χ0) is 16.3. The zero-order valence-corrected chi connectivity index (χ0v) is 11.5. The topological polar surface area (TPSA) is 42.0 Å². The van der Waals surface area contributed by atoms with Crippen molar-refractivity contribution in [1.29, 1.82) is 0 Å². The summed E-state index contributed by atoms with van der Waals surface area (Å²) in [7, 11) is 0. The molecule has 0 saturated carbocycles. The number of aromatic nitrogens is 1. The molecule has 6 heteroatoms. The number of benzene rings is 1. The number of amides is 1. The molecule has 0 aliphatic rings. The van der Waals surface area contributed by atoms with E-state index in [-0.39, 0.29) is 5.56 Å². The predicted octanol–water partition coefficient (Wildman–Crippen LogP) is 3.64. The van der Waals surface area contributed by atoms with Gasteiger partial charge < -0.3 is 5.32 Å². The van der Waals surface area contributed by atoms with Crippen molar-refractivity contribution in [2.45, 2.75) is 13.1 Å². The van der Waals surface area contributed by atoms with Crippen molar-refractivity contribution in [2.75, 3.05) is 5.32 Å². The molecule has 1 amide bonds. The molecular weight excluding hydrogens is 293 g/mol. The van der Waals surface area contributed by atoms with Crippen LogP contribution in [-0.2, 0) is 6.18 Å². The molecule has 1 aromatic heterocycles. The van der Waals surface area contributed by atoms with Crippen molar-refractivity contribution in [1.82, 2.24) is 4.98 Å². The average molecular weight is 304 g/mol. The van der Waals surface area contributed by atoms with Gasteiger partial charge in [-0.05, 0) is 36.8 Å². The van der Waals surface area contributed by atoms with E-state index in [9.17, 15) is 18.0 Å². The van der Waals surface area contributed by atoms with Crippen LogP contribution in [0.2, 0.25) is 0 Å². The first-order valence-corrected chi connectivity index (χ1v) is 6.23.